The lowest BCUT2D eigenvalue weighted by Gasteiger charge is -2.35. The lowest BCUT2D eigenvalue weighted by Crippen LogP contribution is -2.46. The summed E-state index contributed by atoms with van der Waals surface area (Å²) in [6.07, 6.45) is 2.42. The predicted octanol–water partition coefficient (Wildman–Crippen LogP) is 4.08. The van der Waals surface area contributed by atoms with E-state index in [2.05, 4.69) is 70.7 Å². The van der Waals surface area contributed by atoms with Gasteiger partial charge < -0.3 is 15.4 Å². The molecule has 32 heavy (non-hydrogen) atoms. The number of urea groups is 1. The van der Waals surface area contributed by atoms with Crippen molar-refractivity contribution in [3.8, 4) is 0 Å². The molecule has 6 nitrogen and oxygen atoms in total. The number of rotatable bonds is 6. The number of piperidine rings is 1. The Balaban J connectivity index is 1.26. The lowest BCUT2D eigenvalue weighted by atomic mass is 10.0. The Hall–Kier alpha value is -2.41. The molecule has 0 aromatic heterocycles. The molecule has 0 bridgehead atoms. The van der Waals surface area contributed by atoms with E-state index in [1.54, 1.807) is 0 Å². The standard InChI is InChI=1S/C26H36N4O2/c1-20-16-30(17-21(2)32-20)19-23-10-6-7-11-25(23)28-26(31)27-24-12-14-29(15-13-24)18-22-8-4-3-5-9-22/h3-11,20-21,24H,12-19H2,1-2H3,(H2,27,28,31). The van der Waals surface area contributed by atoms with Gasteiger partial charge in [0.15, 0.2) is 0 Å². The zero-order valence-corrected chi connectivity index (χ0v) is 19.3. The van der Waals surface area contributed by atoms with Crippen LogP contribution in [-0.4, -0.2) is 60.3 Å². The van der Waals surface area contributed by atoms with Crippen molar-refractivity contribution in [1.82, 2.24) is 15.1 Å². The number of hydrogen-bond donors (Lipinski definition) is 2. The first-order valence-corrected chi connectivity index (χ1v) is 11.8. The van der Waals surface area contributed by atoms with Crippen molar-refractivity contribution in [2.45, 2.75) is 58.0 Å². The minimum atomic E-state index is -0.109. The summed E-state index contributed by atoms with van der Waals surface area (Å²) in [5.41, 5.74) is 3.37. The number of nitrogens with one attached hydrogen (secondary N) is 2. The molecule has 2 N–H and O–H groups in total. The molecule has 2 atom stereocenters. The van der Waals surface area contributed by atoms with Crippen molar-refractivity contribution in [2.24, 2.45) is 0 Å². The van der Waals surface area contributed by atoms with Gasteiger partial charge in [0, 0.05) is 51.0 Å². The second-order valence-electron chi connectivity index (χ2n) is 9.24. The molecule has 2 heterocycles. The smallest absolute Gasteiger partial charge is 0.319 e. The highest BCUT2D eigenvalue weighted by Crippen LogP contribution is 2.21. The summed E-state index contributed by atoms with van der Waals surface area (Å²) < 4.78 is 5.85. The summed E-state index contributed by atoms with van der Waals surface area (Å²) in [6, 6.07) is 18.8. The molecule has 2 aliphatic rings. The first kappa shape index (κ1) is 22.8. The van der Waals surface area contributed by atoms with Crippen LogP contribution in [0.4, 0.5) is 10.5 Å². The summed E-state index contributed by atoms with van der Waals surface area (Å²) >= 11 is 0. The zero-order valence-electron chi connectivity index (χ0n) is 19.3. The minimum Gasteiger partial charge on any atom is -0.373 e. The molecule has 0 aliphatic carbocycles. The number of benzene rings is 2. The van der Waals surface area contributed by atoms with E-state index in [9.17, 15) is 4.79 Å². The summed E-state index contributed by atoms with van der Waals surface area (Å²) in [7, 11) is 0. The van der Waals surface area contributed by atoms with Crippen molar-refractivity contribution in [1.29, 1.82) is 0 Å². The number of carbonyl (C=O) groups excluding carboxylic acids is 1. The third-order valence-corrected chi connectivity index (χ3v) is 6.33. The fourth-order valence-corrected chi connectivity index (χ4v) is 4.86. The Labute approximate surface area is 191 Å². The number of morpholine rings is 1. The van der Waals surface area contributed by atoms with Gasteiger partial charge in [-0.25, -0.2) is 4.79 Å². The van der Waals surface area contributed by atoms with E-state index in [0.29, 0.717) is 0 Å². The van der Waals surface area contributed by atoms with Gasteiger partial charge >= 0.3 is 6.03 Å². The first-order chi connectivity index (χ1) is 15.5. The molecule has 2 saturated heterocycles. The van der Waals surface area contributed by atoms with Crippen LogP contribution < -0.4 is 10.6 Å². The summed E-state index contributed by atoms with van der Waals surface area (Å²) in [5, 5.41) is 6.29. The molecule has 6 heteroatoms. The molecule has 2 unspecified atom stereocenters. The van der Waals surface area contributed by atoms with Gasteiger partial charge in [-0.2, -0.15) is 0 Å². The molecule has 2 aromatic carbocycles. The molecule has 2 aliphatic heterocycles. The number of hydrogen-bond acceptors (Lipinski definition) is 4. The van der Waals surface area contributed by atoms with Gasteiger partial charge in [-0.05, 0) is 43.9 Å². The highest BCUT2D eigenvalue weighted by atomic mass is 16.5. The summed E-state index contributed by atoms with van der Waals surface area (Å²) in [5.74, 6) is 0. The lowest BCUT2D eigenvalue weighted by molar-refractivity contribution is -0.0704. The Morgan fingerprint density at radius 2 is 1.56 bits per heavy atom. The Morgan fingerprint density at radius 3 is 2.28 bits per heavy atom. The molecule has 0 saturated carbocycles. The first-order valence-electron chi connectivity index (χ1n) is 11.8. The quantitative estimate of drug-likeness (QED) is 0.716. The Kier molecular flexibility index (Phi) is 7.79. The van der Waals surface area contributed by atoms with Gasteiger partial charge in [0.2, 0.25) is 0 Å². The van der Waals surface area contributed by atoms with Gasteiger partial charge in [0.25, 0.3) is 0 Å². The van der Waals surface area contributed by atoms with Crippen LogP contribution >= 0.6 is 0 Å². The number of ether oxygens (including phenoxy) is 1. The van der Waals surface area contributed by atoms with Crippen molar-refractivity contribution < 1.29 is 9.53 Å². The largest absolute Gasteiger partial charge is 0.373 e. The van der Waals surface area contributed by atoms with E-state index in [-0.39, 0.29) is 24.3 Å². The monoisotopic (exact) mass is 436 g/mol. The van der Waals surface area contributed by atoms with E-state index in [0.717, 1.165) is 63.4 Å². The van der Waals surface area contributed by atoms with Crippen LogP contribution in [0, 0.1) is 0 Å². The van der Waals surface area contributed by atoms with E-state index in [1.807, 2.05) is 18.2 Å². The van der Waals surface area contributed by atoms with Crippen LogP contribution in [-0.2, 0) is 17.8 Å². The highest BCUT2D eigenvalue weighted by Gasteiger charge is 2.24. The van der Waals surface area contributed by atoms with E-state index in [1.165, 1.54) is 5.56 Å². The van der Waals surface area contributed by atoms with Crippen LogP contribution in [0.15, 0.2) is 54.6 Å². The maximum atomic E-state index is 12.7. The number of anilines is 1. The number of likely N-dealkylation sites (tertiary alicyclic amines) is 1. The average Bonchev–Trinajstić information content (AvgIpc) is 2.76. The molecule has 4 rings (SSSR count). The third-order valence-electron chi connectivity index (χ3n) is 6.33. The van der Waals surface area contributed by atoms with Crippen molar-refractivity contribution in [3.63, 3.8) is 0 Å². The van der Waals surface area contributed by atoms with Gasteiger partial charge in [-0.15, -0.1) is 0 Å². The third kappa shape index (κ3) is 6.55. The van der Waals surface area contributed by atoms with Crippen LogP contribution in [0.2, 0.25) is 0 Å². The van der Waals surface area contributed by atoms with Crippen LogP contribution in [0.25, 0.3) is 0 Å². The maximum Gasteiger partial charge on any atom is 0.319 e. The minimum absolute atomic E-state index is 0.109. The fourth-order valence-electron chi connectivity index (χ4n) is 4.86. The normalized spacial score (nSPS) is 23.1. The van der Waals surface area contributed by atoms with E-state index in [4.69, 9.17) is 4.74 Å². The molecular formula is C26H36N4O2. The van der Waals surface area contributed by atoms with Crippen molar-refractivity contribution in [2.75, 3.05) is 31.5 Å². The molecule has 2 amide bonds. The summed E-state index contributed by atoms with van der Waals surface area (Å²) in [6.45, 7) is 9.85. The highest BCUT2D eigenvalue weighted by molar-refractivity contribution is 5.90. The fraction of sp³-hybridized carbons (Fsp3) is 0.500. The Bertz CT molecular complexity index is 857. The summed E-state index contributed by atoms with van der Waals surface area (Å²) in [4.78, 5) is 17.6. The second kappa shape index (κ2) is 10.9. The van der Waals surface area contributed by atoms with Gasteiger partial charge in [0.1, 0.15) is 0 Å². The molecule has 2 aromatic rings. The molecular weight excluding hydrogens is 400 g/mol. The molecule has 2 fully saturated rings. The topological polar surface area (TPSA) is 56.8 Å². The Morgan fingerprint density at radius 1 is 0.906 bits per heavy atom. The van der Waals surface area contributed by atoms with Gasteiger partial charge in [-0.3, -0.25) is 9.80 Å². The zero-order chi connectivity index (χ0) is 22.3. The molecule has 172 valence electrons. The predicted molar refractivity (Wildman–Crippen MR) is 129 cm³/mol. The second-order valence-corrected chi connectivity index (χ2v) is 9.24. The average molecular weight is 437 g/mol. The van der Waals surface area contributed by atoms with Crippen molar-refractivity contribution >= 4 is 11.7 Å². The van der Waals surface area contributed by atoms with Crippen LogP contribution in [0.1, 0.15) is 37.8 Å². The number of amides is 2. The molecule has 0 spiro atoms. The number of carbonyl (C=O) groups is 1. The molecule has 0 radical (unpaired) electrons. The van der Waals surface area contributed by atoms with Crippen LogP contribution in [0.3, 0.4) is 0 Å². The number of para-hydroxylation sites is 1. The van der Waals surface area contributed by atoms with E-state index >= 15 is 0 Å². The van der Waals surface area contributed by atoms with Crippen molar-refractivity contribution in [3.05, 3.63) is 65.7 Å². The maximum absolute atomic E-state index is 12.7. The van der Waals surface area contributed by atoms with Crippen LogP contribution in [0.5, 0.6) is 0 Å². The number of nitrogens with zero attached hydrogens (tertiary/aromatic N) is 2. The van der Waals surface area contributed by atoms with E-state index < -0.39 is 0 Å². The van der Waals surface area contributed by atoms with Gasteiger partial charge in [0.05, 0.1) is 12.2 Å². The van der Waals surface area contributed by atoms with Gasteiger partial charge in [-0.1, -0.05) is 48.5 Å². The SMILES string of the molecule is CC1CN(Cc2ccccc2NC(=O)NC2CCN(Cc3ccccc3)CC2)CC(C)O1.